The lowest BCUT2D eigenvalue weighted by atomic mass is 9.45. The van der Waals surface area contributed by atoms with E-state index in [2.05, 4.69) is 43.2 Å². The monoisotopic (exact) mass is 573 g/mol. The number of carbonyl (C=O) groups is 2. The minimum Gasteiger partial charge on any atom is -0.394 e. The maximum Gasteiger partial charge on any atom is 0.262 e. The Kier molecular flexibility index (Phi) is 7.62. The van der Waals surface area contributed by atoms with Crippen molar-refractivity contribution >= 4 is 23.5 Å². The first-order chi connectivity index (χ1) is 20.1. The number of nitrogens with one attached hydrogen (secondary N) is 2. The Hall–Kier alpha value is -3.27. The van der Waals surface area contributed by atoms with Crippen molar-refractivity contribution in [1.82, 2.24) is 15.1 Å². The second kappa shape index (κ2) is 11.1. The molecule has 4 N–H and O–H groups in total. The fourth-order valence-electron chi connectivity index (χ4n) is 7.73. The van der Waals surface area contributed by atoms with Crippen LogP contribution in [0.25, 0.3) is 0 Å². The molecule has 1 saturated heterocycles. The van der Waals surface area contributed by atoms with Crippen molar-refractivity contribution in [2.45, 2.75) is 64.8 Å². The van der Waals surface area contributed by atoms with E-state index in [4.69, 9.17) is 4.99 Å². The molecule has 2 aliphatic heterocycles. The quantitative estimate of drug-likeness (QED) is 0.237. The molecule has 0 radical (unpaired) electrons. The number of nitrogens with zero attached hydrogens (tertiary/aromatic N) is 3. The normalized spacial score (nSPS) is 30.0. The molecule has 2 amide bonds. The number of benzene rings is 2. The van der Waals surface area contributed by atoms with Crippen LogP contribution >= 0.6 is 0 Å². The van der Waals surface area contributed by atoms with E-state index in [1.807, 2.05) is 6.07 Å². The van der Waals surface area contributed by atoms with E-state index >= 15 is 0 Å². The highest BCUT2D eigenvalue weighted by Crippen LogP contribution is 2.61. The summed E-state index contributed by atoms with van der Waals surface area (Å²) in [6.07, 6.45) is 1.16. The molecular formula is C33H43N5O4. The highest BCUT2D eigenvalue weighted by molar-refractivity contribution is 6.22. The second-order valence-corrected chi connectivity index (χ2v) is 13.2. The summed E-state index contributed by atoms with van der Waals surface area (Å²) in [7, 11) is 0. The summed E-state index contributed by atoms with van der Waals surface area (Å²) in [6.45, 7) is 11.2. The van der Waals surface area contributed by atoms with Crippen LogP contribution in [-0.4, -0.2) is 82.2 Å². The lowest BCUT2D eigenvalue weighted by Crippen LogP contribution is -2.57. The molecule has 0 aromatic heterocycles. The molecule has 9 heteroatoms. The van der Waals surface area contributed by atoms with Gasteiger partial charge >= 0.3 is 0 Å². The van der Waals surface area contributed by atoms with E-state index in [1.165, 1.54) is 6.42 Å². The topological polar surface area (TPSA) is 118 Å². The molecule has 42 heavy (non-hydrogen) atoms. The molecule has 2 bridgehead atoms. The summed E-state index contributed by atoms with van der Waals surface area (Å²) in [6, 6.07) is 13.4. The Bertz CT molecular complexity index is 1380. The summed E-state index contributed by atoms with van der Waals surface area (Å²) >= 11 is 0. The molecule has 7 rings (SSSR count). The highest BCUT2D eigenvalue weighted by Gasteiger charge is 2.56. The predicted octanol–water partition coefficient (Wildman–Crippen LogP) is 3.51. The van der Waals surface area contributed by atoms with Crippen LogP contribution in [-0.2, 0) is 0 Å². The summed E-state index contributed by atoms with van der Waals surface area (Å²) < 4.78 is 0. The minimum absolute atomic E-state index is 0.229. The molecule has 224 valence electrons. The molecule has 2 aromatic rings. The zero-order valence-corrected chi connectivity index (χ0v) is 25.0. The number of rotatable bonds is 6. The van der Waals surface area contributed by atoms with Crippen molar-refractivity contribution in [2.75, 3.05) is 31.6 Å². The number of imide groups is 1. The van der Waals surface area contributed by atoms with Crippen molar-refractivity contribution in [3.05, 3.63) is 65.2 Å². The maximum absolute atomic E-state index is 13.6. The standard InChI is InChI=1S/C33H43N5O4/c1-19-17-37(13-12-34-19)32(36-27-15-22-14-26(20(27)2)33(22,3)4)35-23-10-11-24-25(16-23)31(42)38(30(24)41)28(18-39)29(40)21-8-6-5-7-9-21/h5-11,16,19-20,22,26-29,34,39-40H,12-15,17-18H2,1-4H3,(H,35,36)/t19-,20-,22+,26-,27-,28-,29-/m0/s1. The van der Waals surface area contributed by atoms with Gasteiger partial charge in [0.15, 0.2) is 5.96 Å². The van der Waals surface area contributed by atoms with Gasteiger partial charge in [0.25, 0.3) is 11.8 Å². The minimum atomic E-state index is -1.21. The maximum atomic E-state index is 13.6. The molecule has 9 nitrogen and oxygen atoms in total. The number of aliphatic hydroxyl groups excluding tert-OH is 2. The van der Waals surface area contributed by atoms with Gasteiger partial charge in [-0.05, 0) is 66.7 Å². The van der Waals surface area contributed by atoms with Crippen LogP contribution in [0.1, 0.15) is 72.9 Å². The molecular weight excluding hydrogens is 530 g/mol. The van der Waals surface area contributed by atoms with Gasteiger partial charge < -0.3 is 25.7 Å². The third kappa shape index (κ3) is 4.91. The van der Waals surface area contributed by atoms with Crippen molar-refractivity contribution in [2.24, 2.45) is 28.2 Å². The van der Waals surface area contributed by atoms with E-state index in [9.17, 15) is 19.8 Å². The van der Waals surface area contributed by atoms with Crippen molar-refractivity contribution in [1.29, 1.82) is 0 Å². The lowest BCUT2D eigenvalue weighted by Gasteiger charge is -2.61. The average molecular weight is 574 g/mol. The molecule has 7 atom stereocenters. The van der Waals surface area contributed by atoms with Gasteiger partial charge in [-0.1, -0.05) is 51.1 Å². The van der Waals surface area contributed by atoms with Gasteiger partial charge in [0.2, 0.25) is 0 Å². The van der Waals surface area contributed by atoms with Gasteiger partial charge in [-0.15, -0.1) is 0 Å². The Morgan fingerprint density at radius 3 is 2.50 bits per heavy atom. The SMILES string of the molecule is C[C@@H]1[C@@H](/N=C(/Nc2ccc3c(c2)C(=O)N([C@@H](CO)[C@@H](O)c2ccccc2)C3=O)N2CCN[C@@H](C)C2)C[C@H]2C[C@@H]1C2(C)C. The van der Waals surface area contributed by atoms with E-state index in [-0.39, 0.29) is 17.2 Å². The first kappa shape index (κ1) is 28.8. The number of amides is 2. The molecule has 5 aliphatic rings. The van der Waals surface area contributed by atoms with Crippen LogP contribution in [0.5, 0.6) is 0 Å². The van der Waals surface area contributed by atoms with E-state index in [1.54, 1.807) is 42.5 Å². The first-order valence-corrected chi connectivity index (χ1v) is 15.3. The molecule has 4 fully saturated rings. The summed E-state index contributed by atoms with van der Waals surface area (Å²) in [5.74, 6) is 1.62. The lowest BCUT2D eigenvalue weighted by molar-refractivity contribution is -0.108. The number of guanidine groups is 1. The summed E-state index contributed by atoms with van der Waals surface area (Å²) in [4.78, 5) is 35.6. The van der Waals surface area contributed by atoms with Gasteiger partial charge in [0.1, 0.15) is 6.10 Å². The highest BCUT2D eigenvalue weighted by atomic mass is 16.3. The fourth-order valence-corrected chi connectivity index (χ4v) is 7.73. The van der Waals surface area contributed by atoms with E-state index in [0.29, 0.717) is 40.5 Å². The summed E-state index contributed by atoms with van der Waals surface area (Å²) in [5.41, 5.74) is 2.11. The number of fused-ring (bicyclic) bond motifs is 3. The van der Waals surface area contributed by atoms with Crippen molar-refractivity contribution < 1.29 is 19.8 Å². The van der Waals surface area contributed by atoms with Crippen LogP contribution in [0.15, 0.2) is 53.5 Å². The van der Waals surface area contributed by atoms with Gasteiger partial charge in [-0.3, -0.25) is 14.5 Å². The molecule has 0 unspecified atom stereocenters. The van der Waals surface area contributed by atoms with E-state index in [0.717, 1.165) is 36.9 Å². The molecule has 3 aliphatic carbocycles. The van der Waals surface area contributed by atoms with E-state index < -0.39 is 30.6 Å². The van der Waals surface area contributed by atoms with Gasteiger partial charge in [-0.2, -0.15) is 0 Å². The molecule has 2 aromatic carbocycles. The van der Waals surface area contributed by atoms with Crippen molar-refractivity contribution in [3.63, 3.8) is 0 Å². The van der Waals surface area contributed by atoms with Crippen LogP contribution < -0.4 is 10.6 Å². The van der Waals surface area contributed by atoms with Gasteiger partial charge in [0.05, 0.1) is 29.8 Å². The largest absolute Gasteiger partial charge is 0.394 e. The second-order valence-electron chi connectivity index (χ2n) is 13.2. The van der Waals surface area contributed by atoms with Crippen LogP contribution in [0, 0.1) is 23.2 Å². The van der Waals surface area contributed by atoms with Crippen LogP contribution in [0.4, 0.5) is 5.69 Å². The number of hydrogen-bond acceptors (Lipinski definition) is 6. The molecule has 3 saturated carbocycles. The Labute approximate surface area is 248 Å². The third-order valence-electron chi connectivity index (χ3n) is 10.5. The smallest absolute Gasteiger partial charge is 0.262 e. The molecule has 2 heterocycles. The zero-order chi connectivity index (χ0) is 29.8. The number of aliphatic imine (C=N–C) groups is 1. The average Bonchev–Trinajstić information content (AvgIpc) is 3.23. The van der Waals surface area contributed by atoms with Crippen LogP contribution in [0.2, 0.25) is 0 Å². The van der Waals surface area contributed by atoms with Crippen LogP contribution in [0.3, 0.4) is 0 Å². The molecule has 0 spiro atoms. The number of aliphatic hydroxyl groups is 2. The Morgan fingerprint density at radius 1 is 1.10 bits per heavy atom. The number of anilines is 1. The zero-order valence-electron chi connectivity index (χ0n) is 25.0. The fraction of sp³-hybridized carbons (Fsp3) is 0.545. The van der Waals surface area contributed by atoms with Crippen molar-refractivity contribution in [3.8, 4) is 0 Å². The Morgan fingerprint density at radius 2 is 1.83 bits per heavy atom. The number of carbonyl (C=O) groups excluding carboxylic acids is 2. The number of piperazine rings is 1. The Balaban J connectivity index is 1.27. The predicted molar refractivity (Wildman–Crippen MR) is 162 cm³/mol. The first-order valence-electron chi connectivity index (χ1n) is 15.3. The van der Waals surface area contributed by atoms with Gasteiger partial charge in [-0.25, -0.2) is 4.99 Å². The summed E-state index contributed by atoms with van der Waals surface area (Å²) in [5, 5.41) is 28.2. The third-order valence-corrected chi connectivity index (χ3v) is 10.5. The number of hydrogen-bond donors (Lipinski definition) is 4. The van der Waals surface area contributed by atoms with Gasteiger partial charge in [0, 0.05) is 31.4 Å².